The smallest absolute Gasteiger partial charge is 0.417 e. The van der Waals surface area contributed by atoms with Gasteiger partial charge in [0, 0.05) is 10.0 Å². The van der Waals surface area contributed by atoms with Crippen LogP contribution in [-0.4, -0.2) is 28.0 Å². The number of carbonyl (C=O) groups excluding carboxylic acids is 1. The highest BCUT2D eigenvalue weighted by Gasteiger charge is 2.44. The molecule has 0 N–H and O–H groups in total. The van der Waals surface area contributed by atoms with Crippen LogP contribution in [0.2, 0.25) is 10.0 Å². The van der Waals surface area contributed by atoms with Crippen molar-refractivity contribution in [3.05, 3.63) is 69.7 Å². The lowest BCUT2D eigenvalue weighted by Gasteiger charge is -2.31. The van der Waals surface area contributed by atoms with E-state index in [9.17, 15) is 4.79 Å². The zero-order valence-corrected chi connectivity index (χ0v) is 18.5. The van der Waals surface area contributed by atoms with E-state index in [2.05, 4.69) is 0 Å². The lowest BCUT2D eigenvalue weighted by molar-refractivity contribution is 0.0320. The molecule has 148 valence electrons. The van der Waals surface area contributed by atoms with E-state index < -0.39 is 17.7 Å². The van der Waals surface area contributed by atoms with Crippen LogP contribution >= 0.6 is 35.0 Å². The molecule has 2 atom stereocenters. The number of carbonyl (C=O) groups is 1. The topological polar surface area (TPSA) is 41.9 Å². The molecular weight excluding hydrogens is 415 g/mol. The van der Waals surface area contributed by atoms with Gasteiger partial charge in [-0.1, -0.05) is 71.4 Å². The van der Waals surface area contributed by atoms with Crippen LogP contribution in [-0.2, 0) is 4.74 Å². The van der Waals surface area contributed by atoms with Gasteiger partial charge in [-0.2, -0.15) is 0 Å². The van der Waals surface area contributed by atoms with Gasteiger partial charge < -0.3 is 4.74 Å². The molecule has 1 aliphatic heterocycles. The van der Waals surface area contributed by atoms with Crippen molar-refractivity contribution in [1.82, 2.24) is 4.90 Å². The summed E-state index contributed by atoms with van der Waals surface area (Å²) in [5.41, 5.74) is 1.01. The Morgan fingerprint density at radius 2 is 1.57 bits per heavy atom. The summed E-state index contributed by atoms with van der Waals surface area (Å²) in [6.45, 7) is 5.52. The van der Waals surface area contributed by atoms with Gasteiger partial charge in [0.25, 0.3) is 0 Å². The van der Waals surface area contributed by atoms with Crippen LogP contribution < -0.4 is 0 Å². The maximum absolute atomic E-state index is 13.1. The Labute approximate surface area is 179 Å². The Hall–Kier alpha value is -1.69. The van der Waals surface area contributed by atoms with Gasteiger partial charge in [-0.3, -0.25) is 4.99 Å². The van der Waals surface area contributed by atoms with Crippen molar-refractivity contribution >= 4 is 46.2 Å². The Balaban J connectivity index is 2.14. The van der Waals surface area contributed by atoms with Gasteiger partial charge in [-0.25, -0.2) is 9.69 Å². The number of rotatable bonds is 2. The second-order valence-corrected chi connectivity index (χ2v) is 8.99. The van der Waals surface area contributed by atoms with Gasteiger partial charge in [0.2, 0.25) is 0 Å². The fraction of sp³-hybridized carbons (Fsp3) is 0.333. The molecule has 1 aliphatic rings. The first-order valence-corrected chi connectivity index (χ1v) is 10.8. The van der Waals surface area contributed by atoms with Crippen LogP contribution in [0.15, 0.2) is 53.5 Å². The molecule has 0 radical (unpaired) electrons. The van der Waals surface area contributed by atoms with E-state index in [0.29, 0.717) is 15.2 Å². The molecule has 0 aliphatic carbocycles. The summed E-state index contributed by atoms with van der Waals surface area (Å²) >= 11 is 14.4. The first-order valence-electron chi connectivity index (χ1n) is 8.86. The predicted octanol–water partition coefficient (Wildman–Crippen LogP) is 6.75. The minimum Gasteiger partial charge on any atom is -0.443 e. The van der Waals surface area contributed by atoms with E-state index in [-0.39, 0.29) is 6.04 Å². The Morgan fingerprint density at radius 1 is 1.04 bits per heavy atom. The van der Waals surface area contributed by atoms with Gasteiger partial charge in [0.1, 0.15) is 11.6 Å². The van der Waals surface area contributed by atoms with Crippen LogP contribution in [0.1, 0.15) is 44.0 Å². The van der Waals surface area contributed by atoms with E-state index in [0.717, 1.165) is 11.1 Å². The molecule has 7 heteroatoms. The summed E-state index contributed by atoms with van der Waals surface area (Å²) in [6.07, 6.45) is 1.43. The fourth-order valence-electron chi connectivity index (χ4n) is 3.14. The number of halogens is 2. The normalized spacial score (nSPS) is 19.5. The average molecular weight is 437 g/mol. The van der Waals surface area contributed by atoms with Crippen LogP contribution in [0.5, 0.6) is 0 Å². The van der Waals surface area contributed by atoms with Crippen LogP contribution in [0.3, 0.4) is 0 Å². The molecule has 1 amide bonds. The zero-order chi connectivity index (χ0) is 20.5. The van der Waals surface area contributed by atoms with Crippen LogP contribution in [0, 0.1) is 0 Å². The third-order valence-electron chi connectivity index (χ3n) is 4.25. The van der Waals surface area contributed by atoms with Gasteiger partial charge in [0.15, 0.2) is 5.17 Å². The Kier molecular flexibility index (Phi) is 6.28. The summed E-state index contributed by atoms with van der Waals surface area (Å²) in [5, 5.41) is 1.74. The van der Waals surface area contributed by atoms with Crippen molar-refractivity contribution in [2.24, 2.45) is 4.99 Å². The monoisotopic (exact) mass is 436 g/mol. The van der Waals surface area contributed by atoms with Crippen LogP contribution in [0.4, 0.5) is 4.79 Å². The highest BCUT2D eigenvalue weighted by atomic mass is 35.5. The standard InChI is InChI=1S/C21H22Cl2N2O2S/c1-21(2,3)27-20(26)25-18(14-10-6-8-12-16(14)23)17(24-19(25)28-4)13-9-5-7-11-15(13)22/h5-12,17-18H,1-4H3/t17-,18+/m0/s1. The average Bonchev–Trinajstić information content (AvgIpc) is 3.00. The SMILES string of the molecule is CSC1=N[C@@H](c2ccccc2Cl)[C@@H](c2ccccc2Cl)N1C(=O)OC(C)(C)C. The summed E-state index contributed by atoms with van der Waals surface area (Å²) in [4.78, 5) is 19.5. The molecule has 0 bridgehead atoms. The van der Waals surface area contributed by atoms with Gasteiger partial charge in [-0.05, 0) is 50.3 Å². The van der Waals surface area contributed by atoms with Crippen molar-refractivity contribution in [2.75, 3.05) is 6.26 Å². The number of amidine groups is 1. The molecule has 0 spiro atoms. The number of ether oxygens (including phenoxy) is 1. The third kappa shape index (κ3) is 4.32. The molecule has 2 aromatic carbocycles. The van der Waals surface area contributed by atoms with E-state index in [1.807, 2.05) is 75.6 Å². The largest absolute Gasteiger partial charge is 0.443 e. The molecule has 0 aromatic heterocycles. The maximum atomic E-state index is 13.1. The highest BCUT2D eigenvalue weighted by molar-refractivity contribution is 8.13. The number of hydrogen-bond donors (Lipinski definition) is 0. The number of nitrogens with zero attached hydrogens (tertiary/aromatic N) is 2. The summed E-state index contributed by atoms with van der Waals surface area (Å²) < 4.78 is 5.68. The fourth-order valence-corrected chi connectivity index (χ4v) is 4.24. The number of benzene rings is 2. The van der Waals surface area contributed by atoms with E-state index in [4.69, 9.17) is 32.9 Å². The van der Waals surface area contributed by atoms with Crippen molar-refractivity contribution < 1.29 is 9.53 Å². The quantitative estimate of drug-likeness (QED) is 0.522. The molecular formula is C21H22Cl2N2O2S. The molecule has 0 saturated heterocycles. The van der Waals surface area contributed by atoms with Crippen LogP contribution in [0.25, 0.3) is 0 Å². The minimum atomic E-state index is -0.631. The molecule has 3 rings (SSSR count). The lowest BCUT2D eigenvalue weighted by atomic mass is 9.94. The Bertz CT molecular complexity index is 911. The van der Waals surface area contributed by atoms with Crippen molar-refractivity contribution in [2.45, 2.75) is 38.5 Å². The number of thioether (sulfide) groups is 1. The minimum absolute atomic E-state index is 0.386. The van der Waals surface area contributed by atoms with E-state index in [1.165, 1.54) is 11.8 Å². The molecule has 0 fully saturated rings. The predicted molar refractivity (Wildman–Crippen MR) is 117 cm³/mol. The number of hydrogen-bond acceptors (Lipinski definition) is 4. The highest BCUT2D eigenvalue weighted by Crippen LogP contribution is 2.47. The van der Waals surface area contributed by atoms with E-state index in [1.54, 1.807) is 4.90 Å². The van der Waals surface area contributed by atoms with Crippen molar-refractivity contribution in [3.8, 4) is 0 Å². The molecule has 0 saturated carbocycles. The molecule has 4 nitrogen and oxygen atoms in total. The third-order valence-corrected chi connectivity index (χ3v) is 5.61. The van der Waals surface area contributed by atoms with Crippen molar-refractivity contribution in [1.29, 1.82) is 0 Å². The first-order chi connectivity index (χ1) is 13.2. The molecule has 2 aromatic rings. The second-order valence-electron chi connectivity index (χ2n) is 7.40. The molecule has 1 heterocycles. The number of amides is 1. The van der Waals surface area contributed by atoms with Crippen molar-refractivity contribution in [3.63, 3.8) is 0 Å². The number of aliphatic imine (C=N–C) groups is 1. The lowest BCUT2D eigenvalue weighted by Crippen LogP contribution is -2.40. The van der Waals surface area contributed by atoms with Gasteiger partial charge in [0.05, 0.1) is 6.04 Å². The first kappa shape index (κ1) is 21.0. The molecule has 0 unspecified atom stereocenters. The van der Waals surface area contributed by atoms with Gasteiger partial charge in [-0.15, -0.1) is 0 Å². The Morgan fingerprint density at radius 3 is 2.07 bits per heavy atom. The molecule has 28 heavy (non-hydrogen) atoms. The summed E-state index contributed by atoms with van der Waals surface area (Å²) in [5.74, 6) is 0. The van der Waals surface area contributed by atoms with Gasteiger partial charge >= 0.3 is 6.09 Å². The second kappa shape index (κ2) is 8.36. The maximum Gasteiger partial charge on any atom is 0.417 e. The van der Waals surface area contributed by atoms with E-state index >= 15 is 0 Å². The summed E-state index contributed by atoms with van der Waals surface area (Å²) in [7, 11) is 0. The summed E-state index contributed by atoms with van der Waals surface area (Å²) in [6, 6.07) is 14.2. The zero-order valence-electron chi connectivity index (χ0n) is 16.1.